The lowest BCUT2D eigenvalue weighted by Gasteiger charge is -2.04. The van der Waals surface area contributed by atoms with E-state index in [1.165, 1.54) is 4.68 Å². The Morgan fingerprint density at radius 3 is 2.90 bits per heavy atom. The molecule has 2 aromatic rings. The van der Waals surface area contributed by atoms with Crippen LogP contribution in [0.1, 0.15) is 16.7 Å². The number of rotatable bonds is 6. The summed E-state index contributed by atoms with van der Waals surface area (Å²) < 4.78 is 12.1. The first kappa shape index (κ1) is 14.9. The molecule has 1 aromatic heterocycles. The molecule has 1 aromatic carbocycles. The molecule has 110 valence electrons. The molecule has 1 heterocycles. The molecule has 0 saturated carbocycles. The number of hydrogen-bond donors (Lipinski definition) is 1. The molecule has 0 fully saturated rings. The van der Waals surface area contributed by atoms with Gasteiger partial charge in [-0.05, 0) is 12.5 Å². The summed E-state index contributed by atoms with van der Waals surface area (Å²) in [4.78, 5) is 0. The fourth-order valence-electron chi connectivity index (χ4n) is 1.96. The number of nitriles is 1. The van der Waals surface area contributed by atoms with Gasteiger partial charge in [-0.2, -0.15) is 5.26 Å². The predicted octanol–water partition coefficient (Wildman–Crippen LogP) is 1.87. The predicted molar refractivity (Wildman–Crippen MR) is 78.7 cm³/mol. The average molecular weight is 286 g/mol. The molecule has 0 spiro atoms. The summed E-state index contributed by atoms with van der Waals surface area (Å²) in [5.74, 6) is 0.557. The average Bonchev–Trinajstić information content (AvgIpc) is 2.78. The standard InChI is InChI=1S/C15H18N4O2/c1-11-4-3-5-12(8-11)10-21-15-13(9-16)14(17)19(18-15)6-7-20-2/h3-5,8H,6-7,10,17H2,1-2H3. The van der Waals surface area contributed by atoms with Gasteiger partial charge in [-0.25, -0.2) is 4.68 Å². The second kappa shape index (κ2) is 6.77. The number of nitrogens with zero attached hydrogens (tertiary/aromatic N) is 3. The molecule has 0 saturated heterocycles. The summed E-state index contributed by atoms with van der Waals surface area (Å²) in [7, 11) is 1.60. The molecule has 0 bridgehead atoms. The van der Waals surface area contributed by atoms with Gasteiger partial charge < -0.3 is 15.2 Å². The first-order chi connectivity index (χ1) is 10.2. The SMILES string of the molecule is COCCn1nc(OCc2cccc(C)c2)c(C#N)c1N. The van der Waals surface area contributed by atoms with Crippen LogP contribution in [-0.4, -0.2) is 23.5 Å². The van der Waals surface area contributed by atoms with Crippen molar-refractivity contribution in [2.24, 2.45) is 0 Å². The third kappa shape index (κ3) is 3.52. The van der Waals surface area contributed by atoms with Gasteiger partial charge in [-0.3, -0.25) is 0 Å². The van der Waals surface area contributed by atoms with Gasteiger partial charge >= 0.3 is 0 Å². The summed E-state index contributed by atoms with van der Waals surface area (Å²) in [5, 5.41) is 13.4. The molecule has 0 unspecified atom stereocenters. The Kier molecular flexibility index (Phi) is 4.80. The quantitative estimate of drug-likeness (QED) is 0.876. The van der Waals surface area contributed by atoms with Crippen LogP contribution in [0.5, 0.6) is 5.88 Å². The van der Waals surface area contributed by atoms with Crippen LogP contribution in [-0.2, 0) is 17.9 Å². The molecular weight excluding hydrogens is 268 g/mol. The molecule has 21 heavy (non-hydrogen) atoms. The van der Waals surface area contributed by atoms with Crippen LogP contribution < -0.4 is 10.5 Å². The summed E-state index contributed by atoms with van der Waals surface area (Å²) >= 11 is 0. The lowest BCUT2D eigenvalue weighted by Crippen LogP contribution is -2.09. The number of hydrogen-bond acceptors (Lipinski definition) is 5. The smallest absolute Gasteiger partial charge is 0.253 e. The van der Waals surface area contributed by atoms with Gasteiger partial charge in [0.25, 0.3) is 5.88 Å². The van der Waals surface area contributed by atoms with E-state index in [1.807, 2.05) is 37.3 Å². The summed E-state index contributed by atoms with van der Waals surface area (Å²) in [6.45, 7) is 3.30. The molecule has 0 aliphatic rings. The minimum atomic E-state index is 0.257. The maximum atomic E-state index is 9.18. The van der Waals surface area contributed by atoms with E-state index in [2.05, 4.69) is 5.10 Å². The number of methoxy groups -OCH3 is 1. The second-order valence-electron chi connectivity index (χ2n) is 4.67. The maximum Gasteiger partial charge on any atom is 0.253 e. The van der Waals surface area contributed by atoms with E-state index in [0.717, 1.165) is 11.1 Å². The van der Waals surface area contributed by atoms with Gasteiger partial charge in [0.05, 0.1) is 13.2 Å². The monoisotopic (exact) mass is 286 g/mol. The van der Waals surface area contributed by atoms with Crippen molar-refractivity contribution in [3.8, 4) is 11.9 Å². The maximum absolute atomic E-state index is 9.18. The Hall–Kier alpha value is -2.52. The molecule has 0 radical (unpaired) electrons. The molecule has 6 nitrogen and oxygen atoms in total. The highest BCUT2D eigenvalue weighted by Crippen LogP contribution is 2.23. The number of aryl methyl sites for hydroxylation is 1. The summed E-state index contributed by atoms with van der Waals surface area (Å²) in [6.07, 6.45) is 0. The Morgan fingerprint density at radius 2 is 2.24 bits per heavy atom. The normalized spacial score (nSPS) is 10.3. The zero-order valence-corrected chi connectivity index (χ0v) is 12.2. The van der Waals surface area contributed by atoms with E-state index in [1.54, 1.807) is 7.11 Å². The van der Waals surface area contributed by atoms with Gasteiger partial charge in [-0.1, -0.05) is 29.8 Å². The molecule has 0 atom stereocenters. The number of nitrogens with two attached hydrogens (primary N) is 1. The molecular formula is C15H18N4O2. The Bertz CT molecular complexity index is 658. The minimum Gasteiger partial charge on any atom is -0.471 e. The van der Waals surface area contributed by atoms with E-state index >= 15 is 0 Å². The first-order valence-corrected chi connectivity index (χ1v) is 6.59. The highest BCUT2D eigenvalue weighted by Gasteiger charge is 2.16. The zero-order valence-electron chi connectivity index (χ0n) is 12.2. The van der Waals surface area contributed by atoms with Crippen molar-refractivity contribution >= 4 is 5.82 Å². The van der Waals surface area contributed by atoms with Crippen LogP contribution in [0.4, 0.5) is 5.82 Å². The van der Waals surface area contributed by atoms with Crippen molar-refractivity contribution in [3.63, 3.8) is 0 Å². The van der Waals surface area contributed by atoms with Gasteiger partial charge in [0, 0.05) is 7.11 Å². The van der Waals surface area contributed by atoms with E-state index in [-0.39, 0.29) is 11.4 Å². The first-order valence-electron chi connectivity index (χ1n) is 6.59. The molecule has 6 heteroatoms. The molecule has 2 N–H and O–H groups in total. The second-order valence-corrected chi connectivity index (χ2v) is 4.67. The van der Waals surface area contributed by atoms with E-state index in [9.17, 15) is 5.26 Å². The van der Waals surface area contributed by atoms with Crippen molar-refractivity contribution in [2.75, 3.05) is 19.5 Å². The number of aromatic nitrogens is 2. The minimum absolute atomic E-state index is 0.257. The van der Waals surface area contributed by atoms with Crippen molar-refractivity contribution < 1.29 is 9.47 Å². The lowest BCUT2D eigenvalue weighted by molar-refractivity contribution is 0.183. The lowest BCUT2D eigenvalue weighted by atomic mass is 10.1. The number of nitrogen functional groups attached to an aromatic ring is 1. The van der Waals surface area contributed by atoms with Crippen molar-refractivity contribution in [3.05, 3.63) is 41.0 Å². The van der Waals surface area contributed by atoms with Crippen molar-refractivity contribution in [2.45, 2.75) is 20.1 Å². The van der Waals surface area contributed by atoms with Crippen molar-refractivity contribution in [1.82, 2.24) is 9.78 Å². The highest BCUT2D eigenvalue weighted by atomic mass is 16.5. The highest BCUT2D eigenvalue weighted by molar-refractivity contribution is 5.55. The van der Waals surface area contributed by atoms with Gasteiger partial charge in [0.2, 0.25) is 0 Å². The Balaban J connectivity index is 2.14. The molecule has 0 aliphatic heterocycles. The van der Waals surface area contributed by atoms with Crippen LogP contribution in [0.15, 0.2) is 24.3 Å². The van der Waals surface area contributed by atoms with Gasteiger partial charge in [0.1, 0.15) is 18.5 Å². The number of anilines is 1. The van der Waals surface area contributed by atoms with Crippen LogP contribution in [0.25, 0.3) is 0 Å². The van der Waals surface area contributed by atoms with Crippen LogP contribution >= 0.6 is 0 Å². The van der Waals surface area contributed by atoms with E-state index < -0.39 is 0 Å². The molecule has 0 amide bonds. The number of ether oxygens (including phenoxy) is 2. The van der Waals surface area contributed by atoms with E-state index in [4.69, 9.17) is 15.2 Å². The third-order valence-corrected chi connectivity index (χ3v) is 3.04. The zero-order chi connectivity index (χ0) is 15.2. The van der Waals surface area contributed by atoms with Crippen LogP contribution in [0.3, 0.4) is 0 Å². The van der Waals surface area contributed by atoms with E-state index in [0.29, 0.717) is 25.6 Å². The summed E-state index contributed by atoms with van der Waals surface area (Å²) in [5.41, 5.74) is 8.33. The fraction of sp³-hybridized carbons (Fsp3) is 0.333. The summed E-state index contributed by atoms with van der Waals surface area (Å²) in [6, 6.07) is 10.0. The Morgan fingerprint density at radius 1 is 1.43 bits per heavy atom. The van der Waals surface area contributed by atoms with Crippen molar-refractivity contribution in [1.29, 1.82) is 5.26 Å². The van der Waals surface area contributed by atoms with Gasteiger partial charge in [-0.15, -0.1) is 5.10 Å². The van der Waals surface area contributed by atoms with Crippen LogP contribution in [0, 0.1) is 18.3 Å². The molecule has 2 rings (SSSR count). The number of benzene rings is 1. The van der Waals surface area contributed by atoms with Gasteiger partial charge in [0.15, 0.2) is 5.56 Å². The topological polar surface area (TPSA) is 86.1 Å². The molecule has 0 aliphatic carbocycles. The Labute approximate surface area is 123 Å². The fourth-order valence-corrected chi connectivity index (χ4v) is 1.96. The third-order valence-electron chi connectivity index (χ3n) is 3.04. The largest absolute Gasteiger partial charge is 0.471 e. The van der Waals surface area contributed by atoms with Crippen LogP contribution in [0.2, 0.25) is 0 Å².